The van der Waals surface area contributed by atoms with E-state index in [9.17, 15) is 5.11 Å². The highest BCUT2D eigenvalue weighted by Crippen LogP contribution is 2.17. The van der Waals surface area contributed by atoms with E-state index in [4.69, 9.17) is 5.11 Å². The summed E-state index contributed by atoms with van der Waals surface area (Å²) in [6.07, 6.45) is 1.93. The molecule has 0 radical (unpaired) electrons. The minimum absolute atomic E-state index is 0.141. The van der Waals surface area contributed by atoms with Gasteiger partial charge >= 0.3 is 0 Å². The van der Waals surface area contributed by atoms with Gasteiger partial charge in [-0.2, -0.15) is 0 Å². The van der Waals surface area contributed by atoms with Gasteiger partial charge < -0.3 is 10.2 Å². The van der Waals surface area contributed by atoms with E-state index < -0.39 is 6.10 Å². The summed E-state index contributed by atoms with van der Waals surface area (Å²) >= 11 is 0. The summed E-state index contributed by atoms with van der Waals surface area (Å²) < 4.78 is 0. The van der Waals surface area contributed by atoms with E-state index in [1.54, 1.807) is 0 Å². The van der Waals surface area contributed by atoms with Gasteiger partial charge in [0.15, 0.2) is 0 Å². The van der Waals surface area contributed by atoms with Gasteiger partial charge in [0, 0.05) is 0 Å². The van der Waals surface area contributed by atoms with Crippen LogP contribution in [0.1, 0.15) is 18.4 Å². The third kappa shape index (κ3) is 3.29. The molecular weight excluding hydrogens is 212 g/mol. The van der Waals surface area contributed by atoms with Crippen molar-refractivity contribution in [2.24, 2.45) is 0 Å². The fourth-order valence-corrected chi connectivity index (χ4v) is 2.03. The molecule has 17 heavy (non-hydrogen) atoms. The minimum atomic E-state index is -0.574. The highest BCUT2D eigenvalue weighted by Gasteiger charge is 2.02. The van der Waals surface area contributed by atoms with Crippen molar-refractivity contribution in [3.63, 3.8) is 0 Å². The molecule has 0 heterocycles. The summed E-state index contributed by atoms with van der Waals surface area (Å²) in [5.41, 5.74) is 1.29. The zero-order valence-electron chi connectivity index (χ0n) is 9.84. The van der Waals surface area contributed by atoms with E-state index >= 15 is 0 Å². The molecule has 0 aliphatic rings. The lowest BCUT2D eigenvalue weighted by molar-refractivity contribution is 0.0867. The molecule has 2 aromatic rings. The number of aryl methyl sites for hydroxylation is 1. The van der Waals surface area contributed by atoms with Gasteiger partial charge in [-0.15, -0.1) is 0 Å². The largest absolute Gasteiger partial charge is 0.394 e. The van der Waals surface area contributed by atoms with Crippen molar-refractivity contribution in [3.8, 4) is 0 Å². The minimum Gasteiger partial charge on any atom is -0.394 e. The normalized spacial score (nSPS) is 12.8. The van der Waals surface area contributed by atoms with Gasteiger partial charge in [-0.05, 0) is 35.6 Å². The lowest BCUT2D eigenvalue weighted by Crippen LogP contribution is -2.11. The first kappa shape index (κ1) is 12.1. The maximum atomic E-state index is 9.26. The van der Waals surface area contributed by atoms with E-state index in [-0.39, 0.29) is 6.61 Å². The zero-order chi connectivity index (χ0) is 12.1. The van der Waals surface area contributed by atoms with E-state index in [0.29, 0.717) is 6.42 Å². The Kier molecular flexibility index (Phi) is 4.13. The number of rotatable bonds is 5. The van der Waals surface area contributed by atoms with Crippen molar-refractivity contribution in [1.29, 1.82) is 0 Å². The second kappa shape index (κ2) is 5.80. The Morgan fingerprint density at radius 2 is 1.76 bits per heavy atom. The first-order chi connectivity index (χ1) is 8.29. The second-order valence-corrected chi connectivity index (χ2v) is 4.41. The molecule has 0 saturated carbocycles. The molecule has 2 heteroatoms. The van der Waals surface area contributed by atoms with Gasteiger partial charge in [0.05, 0.1) is 12.7 Å². The topological polar surface area (TPSA) is 40.5 Å². The summed E-state index contributed by atoms with van der Waals surface area (Å²) in [5, 5.41) is 20.5. The Morgan fingerprint density at radius 1 is 1.00 bits per heavy atom. The number of hydrogen-bond acceptors (Lipinski definition) is 2. The number of benzene rings is 2. The van der Waals surface area contributed by atoms with E-state index in [1.807, 2.05) is 12.1 Å². The maximum absolute atomic E-state index is 9.26. The number of aliphatic hydroxyl groups excluding tert-OH is 2. The van der Waals surface area contributed by atoms with Gasteiger partial charge in [-0.1, -0.05) is 42.5 Å². The zero-order valence-corrected chi connectivity index (χ0v) is 9.84. The van der Waals surface area contributed by atoms with E-state index in [0.717, 1.165) is 12.8 Å². The van der Waals surface area contributed by atoms with Crippen molar-refractivity contribution >= 4 is 10.8 Å². The van der Waals surface area contributed by atoms with Gasteiger partial charge in [0.1, 0.15) is 0 Å². The molecule has 0 aliphatic carbocycles. The Bertz CT molecular complexity index is 479. The van der Waals surface area contributed by atoms with Crippen LogP contribution in [0.2, 0.25) is 0 Å². The highest BCUT2D eigenvalue weighted by molar-refractivity contribution is 5.82. The summed E-state index contributed by atoms with van der Waals surface area (Å²) in [4.78, 5) is 0. The van der Waals surface area contributed by atoms with Gasteiger partial charge in [0.2, 0.25) is 0 Å². The van der Waals surface area contributed by atoms with Crippen LogP contribution < -0.4 is 0 Å². The number of fused-ring (bicyclic) bond motifs is 1. The Balaban J connectivity index is 1.99. The summed E-state index contributed by atoms with van der Waals surface area (Å²) in [6, 6.07) is 14.8. The third-order valence-corrected chi connectivity index (χ3v) is 3.03. The molecule has 0 amide bonds. The van der Waals surface area contributed by atoms with Crippen LogP contribution in [0.3, 0.4) is 0 Å². The molecule has 2 nitrogen and oxygen atoms in total. The third-order valence-electron chi connectivity index (χ3n) is 3.03. The fourth-order valence-electron chi connectivity index (χ4n) is 2.03. The summed E-state index contributed by atoms with van der Waals surface area (Å²) in [7, 11) is 0. The van der Waals surface area contributed by atoms with Crippen LogP contribution in [0.25, 0.3) is 10.8 Å². The highest BCUT2D eigenvalue weighted by atomic mass is 16.3. The van der Waals surface area contributed by atoms with Crippen molar-refractivity contribution in [2.45, 2.75) is 25.4 Å². The van der Waals surface area contributed by atoms with Crippen molar-refractivity contribution in [3.05, 3.63) is 48.0 Å². The lowest BCUT2D eigenvalue weighted by atomic mass is 10.0. The quantitative estimate of drug-likeness (QED) is 0.828. The summed E-state index contributed by atoms with van der Waals surface area (Å²) in [6.45, 7) is -0.141. The first-order valence-electron chi connectivity index (χ1n) is 6.06. The molecule has 90 valence electrons. The molecule has 2 N–H and O–H groups in total. The predicted molar refractivity (Wildman–Crippen MR) is 70.0 cm³/mol. The van der Waals surface area contributed by atoms with Gasteiger partial charge in [-0.3, -0.25) is 0 Å². The average molecular weight is 230 g/mol. The Morgan fingerprint density at radius 3 is 2.53 bits per heavy atom. The lowest BCUT2D eigenvalue weighted by Gasteiger charge is -2.07. The molecule has 0 aromatic heterocycles. The van der Waals surface area contributed by atoms with Crippen molar-refractivity contribution < 1.29 is 10.2 Å². The number of aliphatic hydroxyl groups is 2. The van der Waals surface area contributed by atoms with Crippen molar-refractivity contribution in [2.75, 3.05) is 6.61 Å². The Hall–Kier alpha value is -1.38. The van der Waals surface area contributed by atoms with Crippen LogP contribution in [0.15, 0.2) is 42.5 Å². The predicted octanol–water partition coefficient (Wildman–Crippen LogP) is 2.52. The molecule has 0 aliphatic heterocycles. The van der Waals surface area contributed by atoms with E-state index in [2.05, 4.69) is 30.3 Å². The molecule has 0 bridgehead atoms. The van der Waals surface area contributed by atoms with E-state index in [1.165, 1.54) is 16.3 Å². The molecule has 2 rings (SSSR count). The monoisotopic (exact) mass is 230 g/mol. The Labute approximate surface area is 102 Å². The fraction of sp³-hybridized carbons (Fsp3) is 0.333. The van der Waals surface area contributed by atoms with Gasteiger partial charge in [0.25, 0.3) is 0 Å². The van der Waals surface area contributed by atoms with Crippen LogP contribution in [-0.4, -0.2) is 22.9 Å². The van der Waals surface area contributed by atoms with Crippen LogP contribution in [-0.2, 0) is 6.42 Å². The second-order valence-electron chi connectivity index (χ2n) is 4.41. The molecule has 0 spiro atoms. The van der Waals surface area contributed by atoms with Crippen LogP contribution >= 0.6 is 0 Å². The van der Waals surface area contributed by atoms with Gasteiger partial charge in [-0.25, -0.2) is 0 Å². The van der Waals surface area contributed by atoms with Crippen LogP contribution in [0.4, 0.5) is 0 Å². The SMILES string of the molecule is OCC(O)CCCc1ccc2ccccc2c1. The first-order valence-corrected chi connectivity index (χ1v) is 6.06. The molecule has 0 saturated heterocycles. The number of hydrogen-bond donors (Lipinski definition) is 2. The molecular formula is C15H18O2. The molecule has 0 fully saturated rings. The molecule has 1 atom stereocenters. The smallest absolute Gasteiger partial charge is 0.0771 e. The van der Waals surface area contributed by atoms with Crippen molar-refractivity contribution in [1.82, 2.24) is 0 Å². The maximum Gasteiger partial charge on any atom is 0.0771 e. The average Bonchev–Trinajstić information content (AvgIpc) is 2.38. The molecule has 2 aromatic carbocycles. The van der Waals surface area contributed by atoms with Crippen LogP contribution in [0.5, 0.6) is 0 Å². The summed E-state index contributed by atoms with van der Waals surface area (Å²) in [5.74, 6) is 0. The standard InChI is InChI=1S/C15H18O2/c16-11-15(17)7-3-4-12-8-9-13-5-1-2-6-14(13)10-12/h1-2,5-6,8-10,15-17H,3-4,7,11H2. The van der Waals surface area contributed by atoms with Crippen LogP contribution in [0, 0.1) is 0 Å². The molecule has 1 unspecified atom stereocenters.